The maximum atomic E-state index is 12.5. The minimum absolute atomic E-state index is 0.171. The first kappa shape index (κ1) is 18.4. The third-order valence-electron chi connectivity index (χ3n) is 3.84. The summed E-state index contributed by atoms with van der Waals surface area (Å²) < 4.78 is 0. The maximum absolute atomic E-state index is 12.5. The highest BCUT2D eigenvalue weighted by Crippen LogP contribution is 2.18. The number of carboxylic acids is 1. The van der Waals surface area contributed by atoms with Crippen LogP contribution < -0.4 is 10.2 Å². The number of nitrogens with zero attached hydrogens (tertiary/aromatic N) is 2. The minimum atomic E-state index is -1.00. The average molecular weight is 341 g/mol. The molecule has 0 spiro atoms. The van der Waals surface area contributed by atoms with Gasteiger partial charge in [-0.2, -0.15) is 0 Å². The van der Waals surface area contributed by atoms with Gasteiger partial charge in [-0.15, -0.1) is 0 Å². The molecule has 0 saturated carbocycles. The van der Waals surface area contributed by atoms with Crippen molar-refractivity contribution in [3.8, 4) is 0 Å². The summed E-state index contributed by atoms with van der Waals surface area (Å²) in [6, 6.07) is 9.99. The van der Waals surface area contributed by atoms with Gasteiger partial charge in [0.15, 0.2) is 0 Å². The predicted octanol–water partition coefficient (Wildman–Crippen LogP) is 3.58. The third-order valence-corrected chi connectivity index (χ3v) is 3.84. The Bertz CT molecular complexity index is 770. The van der Waals surface area contributed by atoms with Crippen LogP contribution in [0.5, 0.6) is 0 Å². The molecule has 6 nitrogen and oxygen atoms in total. The van der Waals surface area contributed by atoms with Crippen molar-refractivity contribution in [2.45, 2.75) is 33.7 Å². The lowest BCUT2D eigenvalue weighted by Crippen LogP contribution is -2.31. The summed E-state index contributed by atoms with van der Waals surface area (Å²) >= 11 is 0. The summed E-state index contributed by atoms with van der Waals surface area (Å²) in [4.78, 5) is 30.0. The van der Waals surface area contributed by atoms with E-state index in [-0.39, 0.29) is 17.5 Å². The minimum Gasteiger partial charge on any atom is -0.478 e. The van der Waals surface area contributed by atoms with Crippen molar-refractivity contribution in [1.29, 1.82) is 0 Å². The fourth-order valence-electron chi connectivity index (χ4n) is 2.60. The Morgan fingerprint density at radius 2 is 1.84 bits per heavy atom. The van der Waals surface area contributed by atoms with E-state index in [9.17, 15) is 9.59 Å². The van der Waals surface area contributed by atoms with E-state index in [0.717, 1.165) is 17.9 Å². The number of aromatic nitrogens is 1. The average Bonchev–Trinajstić information content (AvgIpc) is 2.55. The zero-order valence-corrected chi connectivity index (χ0v) is 14.9. The molecule has 0 saturated heterocycles. The van der Waals surface area contributed by atoms with Crippen LogP contribution in [0.1, 0.15) is 47.2 Å². The molecule has 0 atom stereocenters. The number of carboxylic acid groups (broad SMARTS) is 1. The van der Waals surface area contributed by atoms with Crippen LogP contribution in [0.4, 0.5) is 11.5 Å². The molecule has 132 valence electrons. The monoisotopic (exact) mass is 341 g/mol. The number of hydrogen-bond donors (Lipinski definition) is 2. The van der Waals surface area contributed by atoms with Gasteiger partial charge in [0.25, 0.3) is 5.91 Å². The van der Waals surface area contributed by atoms with Gasteiger partial charge in [-0.3, -0.25) is 4.79 Å². The normalized spacial score (nSPS) is 10.6. The van der Waals surface area contributed by atoms with E-state index in [1.165, 1.54) is 12.1 Å². The van der Waals surface area contributed by atoms with Crippen LogP contribution in [0, 0.1) is 6.92 Å². The highest BCUT2D eigenvalue weighted by Gasteiger charge is 2.15. The van der Waals surface area contributed by atoms with Crippen LogP contribution in [0.3, 0.4) is 0 Å². The second-order valence-electron chi connectivity index (χ2n) is 6.10. The van der Waals surface area contributed by atoms with Gasteiger partial charge in [-0.25, -0.2) is 9.78 Å². The predicted molar refractivity (Wildman–Crippen MR) is 98.5 cm³/mol. The Kier molecular flexibility index (Phi) is 5.75. The van der Waals surface area contributed by atoms with E-state index in [2.05, 4.69) is 29.0 Å². The standard InChI is InChI=1S/C19H23N3O3/c1-5-22(12(2)3)17-11-13(4)10-16(21-17)18(23)20-15-8-6-14(7-9-15)19(24)25/h6-12H,5H2,1-4H3,(H,20,23)(H,24,25). The molecule has 0 unspecified atom stereocenters. The third kappa shape index (κ3) is 4.56. The first-order valence-corrected chi connectivity index (χ1v) is 8.21. The van der Waals surface area contributed by atoms with E-state index < -0.39 is 5.97 Å². The van der Waals surface area contributed by atoms with Crippen molar-refractivity contribution in [2.75, 3.05) is 16.8 Å². The van der Waals surface area contributed by atoms with Crippen LogP contribution in [-0.2, 0) is 0 Å². The van der Waals surface area contributed by atoms with Crippen LogP contribution >= 0.6 is 0 Å². The first-order valence-electron chi connectivity index (χ1n) is 8.21. The summed E-state index contributed by atoms with van der Waals surface area (Å²) in [6.07, 6.45) is 0. The molecule has 0 aliphatic heterocycles. The lowest BCUT2D eigenvalue weighted by molar-refractivity contribution is 0.0696. The fraction of sp³-hybridized carbons (Fsp3) is 0.316. The zero-order valence-electron chi connectivity index (χ0n) is 14.9. The highest BCUT2D eigenvalue weighted by atomic mass is 16.4. The van der Waals surface area contributed by atoms with E-state index >= 15 is 0 Å². The number of pyridine rings is 1. The molecular weight excluding hydrogens is 318 g/mol. The number of aromatic carboxylic acids is 1. The lowest BCUT2D eigenvalue weighted by Gasteiger charge is -2.27. The largest absolute Gasteiger partial charge is 0.478 e. The zero-order chi connectivity index (χ0) is 18.6. The quantitative estimate of drug-likeness (QED) is 0.839. The Hall–Kier alpha value is -2.89. The highest BCUT2D eigenvalue weighted by molar-refractivity contribution is 6.03. The molecule has 2 aromatic rings. The second-order valence-corrected chi connectivity index (χ2v) is 6.10. The summed E-state index contributed by atoms with van der Waals surface area (Å²) in [6.45, 7) is 8.94. The SMILES string of the molecule is CCN(c1cc(C)cc(C(=O)Nc2ccc(C(=O)O)cc2)n1)C(C)C. The molecule has 0 aliphatic carbocycles. The van der Waals surface area contributed by atoms with Crippen LogP contribution in [0.2, 0.25) is 0 Å². The molecule has 1 amide bonds. The van der Waals surface area contributed by atoms with Crippen LogP contribution in [0.25, 0.3) is 0 Å². The number of carbonyl (C=O) groups excluding carboxylic acids is 1. The van der Waals surface area contributed by atoms with E-state index in [1.807, 2.05) is 19.9 Å². The molecule has 0 fully saturated rings. The molecule has 1 aromatic carbocycles. The summed E-state index contributed by atoms with van der Waals surface area (Å²) in [5.41, 5.74) is 1.98. The molecular formula is C19H23N3O3. The molecule has 25 heavy (non-hydrogen) atoms. The number of carbonyl (C=O) groups is 2. The number of amides is 1. The maximum Gasteiger partial charge on any atom is 0.335 e. The number of aryl methyl sites for hydroxylation is 1. The van der Waals surface area contributed by atoms with Gasteiger partial charge >= 0.3 is 5.97 Å². The summed E-state index contributed by atoms with van der Waals surface area (Å²) in [5, 5.41) is 11.7. The molecule has 1 aromatic heterocycles. The van der Waals surface area contributed by atoms with E-state index in [4.69, 9.17) is 5.11 Å². The molecule has 2 rings (SSSR count). The lowest BCUT2D eigenvalue weighted by atomic mass is 10.2. The van der Waals surface area contributed by atoms with Crippen LogP contribution in [0.15, 0.2) is 36.4 Å². The van der Waals surface area contributed by atoms with Gasteiger partial charge < -0.3 is 15.3 Å². The number of rotatable bonds is 6. The molecule has 0 radical (unpaired) electrons. The number of anilines is 2. The van der Waals surface area contributed by atoms with Gasteiger partial charge in [0, 0.05) is 18.3 Å². The van der Waals surface area contributed by atoms with E-state index in [0.29, 0.717) is 11.4 Å². The molecule has 2 N–H and O–H groups in total. The summed E-state index contributed by atoms with van der Waals surface area (Å²) in [7, 11) is 0. The Balaban J connectivity index is 2.24. The Morgan fingerprint density at radius 1 is 1.20 bits per heavy atom. The number of benzene rings is 1. The van der Waals surface area contributed by atoms with Crippen molar-refractivity contribution in [3.63, 3.8) is 0 Å². The number of hydrogen-bond acceptors (Lipinski definition) is 4. The Labute approximate surface area is 147 Å². The van der Waals surface area contributed by atoms with Crippen molar-refractivity contribution >= 4 is 23.4 Å². The van der Waals surface area contributed by atoms with Gasteiger partial charge in [0.1, 0.15) is 11.5 Å². The van der Waals surface area contributed by atoms with Gasteiger partial charge in [-0.05, 0) is 69.7 Å². The fourth-order valence-corrected chi connectivity index (χ4v) is 2.60. The first-order chi connectivity index (χ1) is 11.8. The van der Waals surface area contributed by atoms with Crippen LogP contribution in [-0.4, -0.2) is 34.6 Å². The number of nitrogens with one attached hydrogen (secondary N) is 1. The van der Waals surface area contributed by atoms with Crippen molar-refractivity contribution in [1.82, 2.24) is 4.98 Å². The Morgan fingerprint density at radius 3 is 2.36 bits per heavy atom. The van der Waals surface area contributed by atoms with Crippen molar-refractivity contribution in [3.05, 3.63) is 53.2 Å². The summed E-state index contributed by atoms with van der Waals surface area (Å²) in [5.74, 6) is -0.562. The second kappa shape index (κ2) is 7.79. The van der Waals surface area contributed by atoms with Crippen molar-refractivity contribution < 1.29 is 14.7 Å². The van der Waals surface area contributed by atoms with Gasteiger partial charge in [0.05, 0.1) is 5.56 Å². The van der Waals surface area contributed by atoms with Crippen molar-refractivity contribution in [2.24, 2.45) is 0 Å². The molecule has 0 bridgehead atoms. The smallest absolute Gasteiger partial charge is 0.335 e. The molecule has 0 aliphatic rings. The van der Waals surface area contributed by atoms with Gasteiger partial charge in [-0.1, -0.05) is 0 Å². The van der Waals surface area contributed by atoms with Gasteiger partial charge in [0.2, 0.25) is 0 Å². The topological polar surface area (TPSA) is 82.5 Å². The van der Waals surface area contributed by atoms with E-state index in [1.54, 1.807) is 18.2 Å². The molecule has 1 heterocycles. The molecule has 6 heteroatoms.